The maximum Gasteiger partial charge on any atom is 0.126 e. The summed E-state index contributed by atoms with van der Waals surface area (Å²) in [6.07, 6.45) is -0.607. The minimum Gasteiger partial charge on any atom is -0.390 e. The molecule has 0 radical (unpaired) electrons. The molecule has 26 heavy (non-hydrogen) atoms. The summed E-state index contributed by atoms with van der Waals surface area (Å²) in [5, 5.41) is 13.4. The second-order valence-electron chi connectivity index (χ2n) is 7.79. The van der Waals surface area contributed by atoms with Crippen molar-refractivity contribution in [3.05, 3.63) is 70.8 Å². The van der Waals surface area contributed by atoms with Crippen LogP contribution >= 0.6 is 0 Å². The molecule has 0 aliphatic heterocycles. The van der Waals surface area contributed by atoms with Crippen LogP contribution in [0.15, 0.2) is 42.5 Å². The first-order valence-corrected chi connectivity index (χ1v) is 8.84. The van der Waals surface area contributed by atoms with Crippen LogP contribution < -0.4 is 11.1 Å². The average molecular weight is 362 g/mol. The molecule has 5 heteroatoms. The third-order valence-corrected chi connectivity index (χ3v) is 4.36. The summed E-state index contributed by atoms with van der Waals surface area (Å²) in [6, 6.07) is 11.0. The van der Waals surface area contributed by atoms with Crippen molar-refractivity contribution >= 4 is 0 Å². The first kappa shape index (κ1) is 20.5. The van der Waals surface area contributed by atoms with Gasteiger partial charge < -0.3 is 16.2 Å². The summed E-state index contributed by atoms with van der Waals surface area (Å²) >= 11 is 0. The Morgan fingerprint density at radius 2 is 1.69 bits per heavy atom. The van der Waals surface area contributed by atoms with Gasteiger partial charge in [0.15, 0.2) is 0 Å². The van der Waals surface area contributed by atoms with Gasteiger partial charge >= 0.3 is 0 Å². The Bertz CT molecular complexity index is 708. The van der Waals surface area contributed by atoms with E-state index in [0.29, 0.717) is 18.7 Å². The third kappa shape index (κ3) is 6.16. The van der Waals surface area contributed by atoms with Gasteiger partial charge in [-0.15, -0.1) is 0 Å². The van der Waals surface area contributed by atoms with Gasteiger partial charge in [0.05, 0.1) is 6.10 Å². The van der Waals surface area contributed by atoms with Crippen molar-refractivity contribution in [1.82, 2.24) is 5.32 Å². The molecular weight excluding hydrogens is 334 g/mol. The van der Waals surface area contributed by atoms with E-state index < -0.39 is 23.8 Å². The predicted molar refractivity (Wildman–Crippen MR) is 101 cm³/mol. The first-order chi connectivity index (χ1) is 12.1. The largest absolute Gasteiger partial charge is 0.390 e. The molecule has 0 aliphatic rings. The SMILES string of the molecule is CC(C)(C)c1cccc(CNC[C@@H](O)[C@@H](N)Cc2cc(F)cc(F)c2)c1. The number of nitrogens with one attached hydrogen (secondary N) is 1. The molecule has 2 aromatic carbocycles. The van der Waals surface area contributed by atoms with Gasteiger partial charge in [-0.25, -0.2) is 8.78 Å². The predicted octanol–water partition coefficient (Wildman–Crippen LogP) is 3.28. The topological polar surface area (TPSA) is 58.3 Å². The summed E-state index contributed by atoms with van der Waals surface area (Å²) in [5.74, 6) is -1.28. The lowest BCUT2D eigenvalue weighted by Crippen LogP contribution is -2.43. The van der Waals surface area contributed by atoms with Gasteiger partial charge in [-0.1, -0.05) is 45.0 Å². The fourth-order valence-electron chi connectivity index (χ4n) is 2.80. The molecule has 0 aromatic heterocycles. The van der Waals surface area contributed by atoms with Crippen molar-refractivity contribution in [3.63, 3.8) is 0 Å². The molecule has 0 bridgehead atoms. The van der Waals surface area contributed by atoms with Crippen LogP contribution in [0.4, 0.5) is 8.78 Å². The Kier molecular flexibility index (Phi) is 6.87. The van der Waals surface area contributed by atoms with E-state index in [2.05, 4.69) is 38.2 Å². The van der Waals surface area contributed by atoms with E-state index in [1.165, 1.54) is 17.7 Å². The van der Waals surface area contributed by atoms with Crippen molar-refractivity contribution in [3.8, 4) is 0 Å². The molecule has 0 saturated carbocycles. The van der Waals surface area contributed by atoms with Crippen LogP contribution in [0.2, 0.25) is 0 Å². The molecule has 0 amide bonds. The van der Waals surface area contributed by atoms with Gasteiger partial charge in [-0.05, 0) is 40.7 Å². The molecule has 0 fully saturated rings. The zero-order valence-electron chi connectivity index (χ0n) is 15.6. The van der Waals surface area contributed by atoms with Gasteiger partial charge in [0.2, 0.25) is 0 Å². The standard InChI is InChI=1S/C21H28F2N2O/c1-21(2,3)16-6-4-5-14(7-16)12-25-13-20(26)19(24)10-15-8-17(22)11-18(23)9-15/h4-9,11,19-20,25-26H,10,12-13,24H2,1-3H3/t19-,20+/m0/s1. The Balaban J connectivity index is 1.85. The zero-order chi connectivity index (χ0) is 19.3. The molecule has 0 saturated heterocycles. The van der Waals surface area contributed by atoms with Crippen molar-refractivity contribution in [2.45, 2.75) is 51.3 Å². The van der Waals surface area contributed by atoms with E-state index in [1.807, 2.05) is 12.1 Å². The smallest absolute Gasteiger partial charge is 0.126 e. The van der Waals surface area contributed by atoms with E-state index in [-0.39, 0.29) is 11.8 Å². The highest BCUT2D eigenvalue weighted by molar-refractivity contribution is 5.28. The Morgan fingerprint density at radius 1 is 1.04 bits per heavy atom. The summed E-state index contributed by atoms with van der Waals surface area (Å²) in [5.41, 5.74) is 8.88. The molecule has 0 aliphatic carbocycles. The van der Waals surface area contributed by atoms with Gasteiger partial charge in [0.1, 0.15) is 11.6 Å². The van der Waals surface area contributed by atoms with Gasteiger partial charge in [0, 0.05) is 25.2 Å². The molecule has 3 nitrogen and oxygen atoms in total. The fourth-order valence-corrected chi connectivity index (χ4v) is 2.80. The fraction of sp³-hybridized carbons (Fsp3) is 0.429. The maximum atomic E-state index is 13.2. The molecule has 0 unspecified atom stereocenters. The average Bonchev–Trinajstić information content (AvgIpc) is 2.53. The van der Waals surface area contributed by atoms with Crippen molar-refractivity contribution in [2.75, 3.05) is 6.54 Å². The summed E-state index contributed by atoms with van der Waals surface area (Å²) in [4.78, 5) is 0. The number of hydrogen-bond donors (Lipinski definition) is 3. The number of nitrogens with two attached hydrogens (primary N) is 1. The van der Waals surface area contributed by atoms with Gasteiger partial charge in [0.25, 0.3) is 0 Å². The van der Waals surface area contributed by atoms with Crippen LogP contribution in [-0.2, 0) is 18.4 Å². The molecule has 0 heterocycles. The lowest BCUT2D eigenvalue weighted by atomic mass is 9.86. The third-order valence-electron chi connectivity index (χ3n) is 4.36. The second kappa shape index (κ2) is 8.71. The summed E-state index contributed by atoms with van der Waals surface area (Å²) in [7, 11) is 0. The Hall–Kier alpha value is -1.82. The Morgan fingerprint density at radius 3 is 2.31 bits per heavy atom. The number of rotatable bonds is 7. The van der Waals surface area contributed by atoms with Crippen LogP contribution in [-0.4, -0.2) is 23.8 Å². The lowest BCUT2D eigenvalue weighted by molar-refractivity contribution is 0.141. The van der Waals surface area contributed by atoms with Crippen molar-refractivity contribution in [1.29, 1.82) is 0 Å². The van der Waals surface area contributed by atoms with E-state index in [0.717, 1.165) is 11.6 Å². The number of aliphatic hydroxyl groups is 1. The van der Waals surface area contributed by atoms with Gasteiger partial charge in [-0.2, -0.15) is 0 Å². The van der Waals surface area contributed by atoms with Crippen LogP contribution in [0.5, 0.6) is 0 Å². The minimum atomic E-state index is -0.813. The molecule has 2 atom stereocenters. The van der Waals surface area contributed by atoms with E-state index in [4.69, 9.17) is 5.73 Å². The van der Waals surface area contributed by atoms with E-state index in [1.54, 1.807) is 0 Å². The number of benzene rings is 2. The molecule has 0 spiro atoms. The first-order valence-electron chi connectivity index (χ1n) is 8.84. The highest BCUT2D eigenvalue weighted by atomic mass is 19.1. The molecular formula is C21H28F2N2O. The van der Waals surface area contributed by atoms with Crippen LogP contribution in [0.25, 0.3) is 0 Å². The maximum absolute atomic E-state index is 13.2. The molecule has 142 valence electrons. The lowest BCUT2D eigenvalue weighted by Gasteiger charge is -2.21. The van der Waals surface area contributed by atoms with Crippen LogP contribution in [0, 0.1) is 11.6 Å². The van der Waals surface area contributed by atoms with E-state index in [9.17, 15) is 13.9 Å². The molecule has 4 N–H and O–H groups in total. The summed E-state index contributed by atoms with van der Waals surface area (Å²) in [6.45, 7) is 7.41. The second-order valence-corrected chi connectivity index (χ2v) is 7.79. The van der Waals surface area contributed by atoms with Crippen LogP contribution in [0.3, 0.4) is 0 Å². The monoisotopic (exact) mass is 362 g/mol. The van der Waals surface area contributed by atoms with Crippen molar-refractivity contribution < 1.29 is 13.9 Å². The highest BCUT2D eigenvalue weighted by Gasteiger charge is 2.17. The highest BCUT2D eigenvalue weighted by Crippen LogP contribution is 2.22. The Labute approximate surface area is 154 Å². The molecule has 2 aromatic rings. The number of halogens is 2. The normalized spacial score (nSPS) is 14.3. The number of aliphatic hydroxyl groups excluding tert-OH is 1. The summed E-state index contributed by atoms with van der Waals surface area (Å²) < 4.78 is 26.5. The van der Waals surface area contributed by atoms with E-state index >= 15 is 0 Å². The van der Waals surface area contributed by atoms with Crippen LogP contribution in [0.1, 0.15) is 37.5 Å². The quantitative estimate of drug-likeness (QED) is 0.708. The minimum absolute atomic E-state index is 0.0815. The van der Waals surface area contributed by atoms with Gasteiger partial charge in [-0.3, -0.25) is 0 Å². The van der Waals surface area contributed by atoms with Crippen molar-refractivity contribution in [2.24, 2.45) is 5.73 Å². The number of hydrogen-bond acceptors (Lipinski definition) is 3. The molecule has 2 rings (SSSR count). The zero-order valence-corrected chi connectivity index (χ0v) is 15.6.